The molecule has 1 aromatic rings. The maximum atomic E-state index is 6.50. The molecule has 1 aliphatic carbocycles. The Balaban J connectivity index is 2.30. The fraction of sp³-hybridized carbons (Fsp3) is 0.529. The van der Waals surface area contributed by atoms with Crippen LogP contribution >= 0.6 is 0 Å². The highest BCUT2D eigenvalue weighted by atomic mass is 14.7. The molecule has 0 saturated heterocycles. The van der Waals surface area contributed by atoms with E-state index in [0.717, 1.165) is 6.42 Å². The summed E-state index contributed by atoms with van der Waals surface area (Å²) in [5, 5.41) is 0. The fourth-order valence-electron chi connectivity index (χ4n) is 3.23. The summed E-state index contributed by atoms with van der Waals surface area (Å²) in [5.41, 5.74) is 8.07. The molecule has 1 unspecified atom stereocenters. The number of nitrogens with two attached hydrogens (primary N) is 1. The molecule has 1 aliphatic rings. The first-order valence-electron chi connectivity index (χ1n) is 7.00. The van der Waals surface area contributed by atoms with Crippen molar-refractivity contribution in [3.63, 3.8) is 0 Å². The SMILES string of the molecule is CC#CCC(N)C1(c2ccccc2)CCCCC1. The molecule has 1 aromatic carbocycles. The molecule has 0 amide bonds. The lowest BCUT2D eigenvalue weighted by atomic mass is 9.64. The third-order valence-electron chi connectivity index (χ3n) is 4.30. The van der Waals surface area contributed by atoms with Crippen LogP contribution in [0.1, 0.15) is 51.0 Å². The first kappa shape index (κ1) is 13.2. The van der Waals surface area contributed by atoms with Gasteiger partial charge < -0.3 is 5.73 Å². The van der Waals surface area contributed by atoms with E-state index in [4.69, 9.17) is 5.73 Å². The first-order valence-corrected chi connectivity index (χ1v) is 7.00. The molecule has 1 fully saturated rings. The maximum absolute atomic E-state index is 6.50. The molecule has 18 heavy (non-hydrogen) atoms. The van der Waals surface area contributed by atoms with Crippen LogP contribution in [-0.4, -0.2) is 6.04 Å². The molecule has 0 aliphatic heterocycles. The molecule has 0 radical (unpaired) electrons. The van der Waals surface area contributed by atoms with Crippen molar-refractivity contribution in [3.8, 4) is 11.8 Å². The van der Waals surface area contributed by atoms with E-state index < -0.39 is 0 Å². The van der Waals surface area contributed by atoms with Gasteiger partial charge in [-0.2, -0.15) is 0 Å². The first-order chi connectivity index (χ1) is 8.79. The summed E-state index contributed by atoms with van der Waals surface area (Å²) in [5.74, 6) is 6.14. The summed E-state index contributed by atoms with van der Waals surface area (Å²) in [7, 11) is 0. The zero-order chi connectivity index (χ0) is 12.8. The van der Waals surface area contributed by atoms with E-state index in [0.29, 0.717) is 0 Å². The lowest BCUT2D eigenvalue weighted by Crippen LogP contribution is -2.46. The summed E-state index contributed by atoms with van der Waals surface area (Å²) < 4.78 is 0. The standard InChI is InChI=1S/C17H23N/c1-2-3-12-16(18)17(13-8-5-9-14-17)15-10-6-4-7-11-15/h4,6-7,10-11,16H,5,8-9,12-14,18H2,1H3. The van der Waals surface area contributed by atoms with Crippen LogP contribution in [0.5, 0.6) is 0 Å². The van der Waals surface area contributed by atoms with Gasteiger partial charge in [0.2, 0.25) is 0 Å². The smallest absolute Gasteiger partial charge is 0.0249 e. The average Bonchev–Trinajstić information content (AvgIpc) is 2.46. The Morgan fingerprint density at radius 2 is 1.83 bits per heavy atom. The van der Waals surface area contributed by atoms with Crippen LogP contribution in [0.25, 0.3) is 0 Å². The van der Waals surface area contributed by atoms with Gasteiger partial charge in [-0.05, 0) is 25.3 Å². The van der Waals surface area contributed by atoms with Crippen LogP contribution < -0.4 is 5.73 Å². The molecule has 2 N–H and O–H groups in total. The van der Waals surface area contributed by atoms with Crippen LogP contribution in [0, 0.1) is 11.8 Å². The van der Waals surface area contributed by atoms with Crippen LogP contribution in [0.2, 0.25) is 0 Å². The largest absolute Gasteiger partial charge is 0.326 e. The molecule has 1 nitrogen and oxygen atoms in total. The maximum Gasteiger partial charge on any atom is 0.0249 e. The van der Waals surface area contributed by atoms with Crippen molar-refractivity contribution >= 4 is 0 Å². The molecule has 96 valence electrons. The van der Waals surface area contributed by atoms with E-state index in [1.165, 1.54) is 37.7 Å². The molecule has 1 heteroatoms. The van der Waals surface area contributed by atoms with Gasteiger partial charge in [0, 0.05) is 17.9 Å². The summed E-state index contributed by atoms with van der Waals surface area (Å²) in [6.45, 7) is 1.89. The van der Waals surface area contributed by atoms with Gasteiger partial charge in [0.15, 0.2) is 0 Å². The Kier molecular flexibility index (Phi) is 4.44. The molecule has 1 saturated carbocycles. The molecule has 1 atom stereocenters. The highest BCUT2D eigenvalue weighted by molar-refractivity contribution is 5.29. The monoisotopic (exact) mass is 241 g/mol. The van der Waals surface area contributed by atoms with Gasteiger partial charge in [-0.1, -0.05) is 49.6 Å². The average molecular weight is 241 g/mol. The van der Waals surface area contributed by atoms with Gasteiger partial charge in [-0.25, -0.2) is 0 Å². The highest BCUT2D eigenvalue weighted by Gasteiger charge is 2.38. The Morgan fingerprint density at radius 1 is 1.17 bits per heavy atom. The summed E-state index contributed by atoms with van der Waals surface area (Å²) in [4.78, 5) is 0. The Morgan fingerprint density at radius 3 is 2.44 bits per heavy atom. The van der Waals surface area contributed by atoms with Crippen molar-refractivity contribution in [2.24, 2.45) is 5.73 Å². The van der Waals surface area contributed by atoms with E-state index in [1.807, 2.05) is 6.92 Å². The van der Waals surface area contributed by atoms with E-state index in [9.17, 15) is 0 Å². The predicted octanol–water partition coefficient (Wildman–Crippen LogP) is 3.63. The second-order valence-electron chi connectivity index (χ2n) is 5.32. The van der Waals surface area contributed by atoms with Crippen molar-refractivity contribution in [1.29, 1.82) is 0 Å². The van der Waals surface area contributed by atoms with Crippen molar-refractivity contribution < 1.29 is 0 Å². The molecule has 0 aromatic heterocycles. The Hall–Kier alpha value is -1.26. The highest BCUT2D eigenvalue weighted by Crippen LogP contribution is 2.42. The normalized spacial score (nSPS) is 19.7. The van der Waals surface area contributed by atoms with Crippen molar-refractivity contribution in [3.05, 3.63) is 35.9 Å². The quantitative estimate of drug-likeness (QED) is 0.803. The van der Waals surface area contributed by atoms with Crippen LogP contribution in [0.4, 0.5) is 0 Å². The molecular weight excluding hydrogens is 218 g/mol. The predicted molar refractivity (Wildman–Crippen MR) is 77.2 cm³/mol. The van der Waals surface area contributed by atoms with Gasteiger partial charge in [0.05, 0.1) is 0 Å². The van der Waals surface area contributed by atoms with Crippen molar-refractivity contribution in [2.75, 3.05) is 0 Å². The van der Waals surface area contributed by atoms with Gasteiger partial charge in [-0.3, -0.25) is 0 Å². The number of benzene rings is 1. The van der Waals surface area contributed by atoms with Gasteiger partial charge in [0.1, 0.15) is 0 Å². The van der Waals surface area contributed by atoms with Crippen molar-refractivity contribution in [1.82, 2.24) is 0 Å². The van der Waals surface area contributed by atoms with Gasteiger partial charge in [0.25, 0.3) is 0 Å². The molecule has 2 rings (SSSR count). The van der Waals surface area contributed by atoms with E-state index in [-0.39, 0.29) is 11.5 Å². The Bertz CT molecular complexity index is 418. The zero-order valence-corrected chi connectivity index (χ0v) is 11.3. The van der Waals surface area contributed by atoms with E-state index >= 15 is 0 Å². The second-order valence-corrected chi connectivity index (χ2v) is 5.32. The van der Waals surface area contributed by atoms with Crippen molar-refractivity contribution in [2.45, 2.75) is 56.9 Å². The Labute approximate surface area is 111 Å². The topological polar surface area (TPSA) is 26.0 Å². The zero-order valence-electron chi connectivity index (χ0n) is 11.3. The van der Waals surface area contributed by atoms with Gasteiger partial charge in [-0.15, -0.1) is 11.8 Å². The van der Waals surface area contributed by atoms with E-state index in [1.54, 1.807) is 0 Å². The lowest BCUT2D eigenvalue weighted by Gasteiger charge is -2.42. The van der Waals surface area contributed by atoms with Crippen LogP contribution in [0.15, 0.2) is 30.3 Å². The fourth-order valence-corrected chi connectivity index (χ4v) is 3.23. The van der Waals surface area contributed by atoms with Crippen LogP contribution in [0.3, 0.4) is 0 Å². The minimum atomic E-state index is 0.156. The molecule has 0 bridgehead atoms. The minimum absolute atomic E-state index is 0.156. The minimum Gasteiger partial charge on any atom is -0.326 e. The summed E-state index contributed by atoms with van der Waals surface area (Å²) in [6, 6.07) is 11.0. The summed E-state index contributed by atoms with van der Waals surface area (Å²) in [6.07, 6.45) is 7.17. The van der Waals surface area contributed by atoms with E-state index in [2.05, 4.69) is 42.2 Å². The third kappa shape index (κ3) is 2.60. The number of hydrogen-bond donors (Lipinski definition) is 1. The second kappa shape index (κ2) is 6.07. The number of rotatable bonds is 3. The summed E-state index contributed by atoms with van der Waals surface area (Å²) >= 11 is 0. The lowest BCUT2D eigenvalue weighted by molar-refractivity contribution is 0.244. The molecule has 0 heterocycles. The van der Waals surface area contributed by atoms with Gasteiger partial charge >= 0.3 is 0 Å². The number of hydrogen-bond acceptors (Lipinski definition) is 1. The van der Waals surface area contributed by atoms with Crippen LogP contribution in [-0.2, 0) is 5.41 Å². The molecular formula is C17H23N. The third-order valence-corrected chi connectivity index (χ3v) is 4.30. The molecule has 0 spiro atoms.